The Morgan fingerprint density at radius 1 is 1.19 bits per heavy atom. The van der Waals surface area contributed by atoms with E-state index in [1.54, 1.807) is 0 Å². The van der Waals surface area contributed by atoms with Crippen LogP contribution in [-0.2, 0) is 4.74 Å². The molecule has 1 aromatic rings. The van der Waals surface area contributed by atoms with Crippen LogP contribution in [0.2, 0.25) is 5.02 Å². The largest absolute Gasteiger partial charge is 0.369 e. The van der Waals surface area contributed by atoms with Crippen molar-refractivity contribution in [2.24, 2.45) is 5.41 Å². The molecule has 2 heterocycles. The van der Waals surface area contributed by atoms with Gasteiger partial charge in [0.1, 0.15) is 0 Å². The average Bonchev–Trinajstić information content (AvgIpc) is 2.56. The molecule has 2 atom stereocenters. The predicted molar refractivity (Wildman–Crippen MR) is 88.0 cm³/mol. The normalized spacial score (nSPS) is 34.2. The van der Waals surface area contributed by atoms with Crippen molar-refractivity contribution in [3.63, 3.8) is 0 Å². The second-order valence-corrected chi connectivity index (χ2v) is 8.14. The minimum atomic E-state index is -0.136. The molecule has 116 valence electrons. The molecular formula is C18H26ClNO. The lowest BCUT2D eigenvalue weighted by Gasteiger charge is -2.49. The fraction of sp³-hybridized carbons (Fsp3) is 0.667. The van der Waals surface area contributed by atoms with Crippen molar-refractivity contribution in [3.8, 4) is 0 Å². The van der Waals surface area contributed by atoms with E-state index in [1.807, 2.05) is 12.1 Å². The monoisotopic (exact) mass is 307 g/mol. The molecule has 3 heteroatoms. The quantitative estimate of drug-likeness (QED) is 0.831. The third-order valence-electron chi connectivity index (χ3n) is 5.52. The van der Waals surface area contributed by atoms with Gasteiger partial charge in [0.15, 0.2) is 0 Å². The number of nitrogens with one attached hydrogen (secondary N) is 1. The van der Waals surface area contributed by atoms with Gasteiger partial charge < -0.3 is 10.1 Å². The van der Waals surface area contributed by atoms with Crippen molar-refractivity contribution in [3.05, 3.63) is 34.9 Å². The van der Waals surface area contributed by atoms with E-state index in [0.29, 0.717) is 5.92 Å². The van der Waals surface area contributed by atoms with Gasteiger partial charge in [-0.25, -0.2) is 0 Å². The van der Waals surface area contributed by atoms with Crippen LogP contribution < -0.4 is 5.32 Å². The summed E-state index contributed by atoms with van der Waals surface area (Å²) in [6.45, 7) is 11.0. The predicted octanol–water partition coefficient (Wildman–Crippen LogP) is 4.38. The molecule has 0 aliphatic carbocycles. The Bertz CT molecular complexity index is 540. The van der Waals surface area contributed by atoms with Crippen LogP contribution in [0.4, 0.5) is 0 Å². The third kappa shape index (κ3) is 2.42. The van der Waals surface area contributed by atoms with E-state index in [2.05, 4.69) is 45.1 Å². The zero-order valence-electron chi connectivity index (χ0n) is 13.5. The van der Waals surface area contributed by atoms with Gasteiger partial charge in [-0.2, -0.15) is 0 Å². The SMILES string of the molecule is CC1(C)CC2(CCNCC2c2ccccc2Cl)C(C)(C)O1. The number of rotatable bonds is 1. The highest BCUT2D eigenvalue weighted by atomic mass is 35.5. The second-order valence-electron chi connectivity index (χ2n) is 7.73. The number of halogens is 1. The van der Waals surface area contributed by atoms with Crippen LogP contribution >= 0.6 is 11.6 Å². The fourth-order valence-corrected chi connectivity index (χ4v) is 5.09. The number of piperidine rings is 1. The number of ether oxygens (including phenoxy) is 1. The molecule has 1 N–H and O–H groups in total. The lowest BCUT2D eigenvalue weighted by Crippen LogP contribution is -2.52. The third-order valence-corrected chi connectivity index (χ3v) is 5.86. The zero-order chi connectivity index (χ0) is 15.3. The van der Waals surface area contributed by atoms with Gasteiger partial charge in [0.25, 0.3) is 0 Å². The molecule has 2 aliphatic heterocycles. The highest BCUT2D eigenvalue weighted by molar-refractivity contribution is 6.31. The number of hydrogen-bond acceptors (Lipinski definition) is 2. The summed E-state index contributed by atoms with van der Waals surface area (Å²) in [6.07, 6.45) is 2.23. The maximum atomic E-state index is 6.51. The molecule has 0 amide bonds. The highest BCUT2D eigenvalue weighted by Crippen LogP contribution is 2.61. The zero-order valence-corrected chi connectivity index (χ0v) is 14.3. The second kappa shape index (κ2) is 4.97. The summed E-state index contributed by atoms with van der Waals surface area (Å²) in [6, 6.07) is 8.29. The molecule has 2 aliphatic rings. The van der Waals surface area contributed by atoms with Gasteiger partial charge in [0, 0.05) is 22.9 Å². The first-order chi connectivity index (χ1) is 9.78. The summed E-state index contributed by atoms with van der Waals surface area (Å²) in [5, 5.41) is 4.44. The van der Waals surface area contributed by atoms with E-state index >= 15 is 0 Å². The van der Waals surface area contributed by atoms with Gasteiger partial charge in [-0.05, 0) is 58.7 Å². The van der Waals surface area contributed by atoms with Crippen molar-refractivity contribution in [2.75, 3.05) is 13.1 Å². The molecule has 3 rings (SSSR count). The molecule has 1 spiro atoms. The highest BCUT2D eigenvalue weighted by Gasteiger charge is 2.61. The van der Waals surface area contributed by atoms with Crippen LogP contribution in [0.5, 0.6) is 0 Å². The Morgan fingerprint density at radius 2 is 1.90 bits per heavy atom. The Kier molecular flexibility index (Phi) is 3.63. The lowest BCUT2D eigenvalue weighted by atomic mass is 9.58. The molecule has 2 fully saturated rings. The molecule has 21 heavy (non-hydrogen) atoms. The Balaban J connectivity index is 2.09. The molecule has 2 unspecified atom stereocenters. The molecule has 0 saturated carbocycles. The standard InChI is InChI=1S/C18H26ClNO/c1-16(2)12-18(17(3,4)21-16)9-10-20-11-14(18)13-7-5-6-8-15(13)19/h5-8,14,20H,9-12H2,1-4H3. The van der Waals surface area contributed by atoms with E-state index in [0.717, 1.165) is 31.0 Å². The molecule has 0 radical (unpaired) electrons. The molecule has 0 aromatic heterocycles. The smallest absolute Gasteiger partial charge is 0.0697 e. The van der Waals surface area contributed by atoms with Gasteiger partial charge in [-0.15, -0.1) is 0 Å². The first kappa shape index (κ1) is 15.3. The molecule has 1 aromatic carbocycles. The van der Waals surface area contributed by atoms with Crippen LogP contribution in [0.1, 0.15) is 52.0 Å². The fourth-order valence-electron chi connectivity index (χ4n) is 4.83. The van der Waals surface area contributed by atoms with E-state index in [-0.39, 0.29) is 16.6 Å². The van der Waals surface area contributed by atoms with Crippen LogP contribution in [0, 0.1) is 5.41 Å². The van der Waals surface area contributed by atoms with Crippen molar-refractivity contribution in [2.45, 2.75) is 57.7 Å². The van der Waals surface area contributed by atoms with Crippen LogP contribution in [0.25, 0.3) is 0 Å². The molecule has 2 saturated heterocycles. The summed E-state index contributed by atoms with van der Waals surface area (Å²) in [7, 11) is 0. The van der Waals surface area contributed by atoms with E-state index in [1.165, 1.54) is 5.56 Å². The Labute approximate surface area is 133 Å². The number of hydrogen-bond donors (Lipinski definition) is 1. The molecular weight excluding hydrogens is 282 g/mol. The lowest BCUT2D eigenvalue weighted by molar-refractivity contribution is -0.104. The first-order valence-corrected chi connectivity index (χ1v) is 8.31. The van der Waals surface area contributed by atoms with Crippen LogP contribution in [0.15, 0.2) is 24.3 Å². The summed E-state index contributed by atoms with van der Waals surface area (Å²) < 4.78 is 6.45. The summed E-state index contributed by atoms with van der Waals surface area (Å²) in [5.74, 6) is 0.400. The maximum Gasteiger partial charge on any atom is 0.0697 e. The summed E-state index contributed by atoms with van der Waals surface area (Å²) in [5.41, 5.74) is 1.20. The van der Waals surface area contributed by atoms with Crippen molar-refractivity contribution in [1.29, 1.82) is 0 Å². The minimum absolute atomic E-state index is 0.0691. The Morgan fingerprint density at radius 3 is 2.52 bits per heavy atom. The van der Waals surface area contributed by atoms with E-state index < -0.39 is 0 Å². The summed E-state index contributed by atoms with van der Waals surface area (Å²) in [4.78, 5) is 0. The van der Waals surface area contributed by atoms with Crippen LogP contribution in [0.3, 0.4) is 0 Å². The maximum absolute atomic E-state index is 6.51. The van der Waals surface area contributed by atoms with E-state index in [9.17, 15) is 0 Å². The first-order valence-electron chi connectivity index (χ1n) is 7.93. The van der Waals surface area contributed by atoms with Crippen LogP contribution in [-0.4, -0.2) is 24.3 Å². The van der Waals surface area contributed by atoms with Gasteiger partial charge >= 0.3 is 0 Å². The minimum Gasteiger partial charge on any atom is -0.369 e. The topological polar surface area (TPSA) is 21.3 Å². The van der Waals surface area contributed by atoms with Gasteiger partial charge in [0.2, 0.25) is 0 Å². The van der Waals surface area contributed by atoms with Gasteiger partial charge in [-0.1, -0.05) is 29.8 Å². The van der Waals surface area contributed by atoms with Crippen molar-refractivity contribution < 1.29 is 4.74 Å². The average molecular weight is 308 g/mol. The van der Waals surface area contributed by atoms with Gasteiger partial charge in [0.05, 0.1) is 11.2 Å². The van der Waals surface area contributed by atoms with Crippen molar-refractivity contribution >= 4 is 11.6 Å². The Hall–Kier alpha value is -0.570. The number of benzene rings is 1. The van der Waals surface area contributed by atoms with E-state index in [4.69, 9.17) is 16.3 Å². The van der Waals surface area contributed by atoms with Crippen molar-refractivity contribution in [1.82, 2.24) is 5.32 Å². The molecule has 2 nitrogen and oxygen atoms in total. The summed E-state index contributed by atoms with van der Waals surface area (Å²) >= 11 is 6.51. The van der Waals surface area contributed by atoms with Gasteiger partial charge in [-0.3, -0.25) is 0 Å². The molecule has 0 bridgehead atoms.